The molecular weight excluding hydrogens is 392 g/mol. The van der Waals surface area contributed by atoms with Gasteiger partial charge in [0.1, 0.15) is 11.2 Å². The summed E-state index contributed by atoms with van der Waals surface area (Å²) in [6, 6.07) is 32.8. The number of hydrogen-bond acceptors (Lipinski definition) is 2. The highest BCUT2D eigenvalue weighted by Crippen LogP contribution is 2.36. The summed E-state index contributed by atoms with van der Waals surface area (Å²) in [6.45, 7) is 1.96. The van der Waals surface area contributed by atoms with Gasteiger partial charge < -0.3 is 4.42 Å². The standard InChI is InChI=1S/C29H20N2O/c1-18(31-29(30)22-15-14-19-8-2-3-9-20(19)16-22)27-23-11-5-4-10-21(23)17-25-24-12-6-7-13-26(24)32-28(25)27/h2-17,30H,1H3/b30-29?,31-18+. The maximum absolute atomic E-state index is 8.69. The Bertz CT molecular complexity index is 1710. The summed E-state index contributed by atoms with van der Waals surface area (Å²) >= 11 is 0. The molecule has 1 aromatic heterocycles. The maximum atomic E-state index is 8.69. The van der Waals surface area contributed by atoms with Gasteiger partial charge in [0.25, 0.3) is 0 Å². The molecule has 0 fully saturated rings. The van der Waals surface area contributed by atoms with Gasteiger partial charge in [-0.05, 0) is 46.7 Å². The molecule has 0 radical (unpaired) electrons. The van der Waals surface area contributed by atoms with Crippen molar-refractivity contribution >= 4 is 55.0 Å². The zero-order valence-electron chi connectivity index (χ0n) is 17.6. The van der Waals surface area contributed by atoms with Gasteiger partial charge in [-0.1, -0.05) is 78.9 Å². The van der Waals surface area contributed by atoms with E-state index in [9.17, 15) is 0 Å². The summed E-state index contributed by atoms with van der Waals surface area (Å²) < 4.78 is 6.31. The summed E-state index contributed by atoms with van der Waals surface area (Å²) in [6.07, 6.45) is 0. The number of benzene rings is 5. The monoisotopic (exact) mass is 412 g/mol. The van der Waals surface area contributed by atoms with Crippen LogP contribution in [0.3, 0.4) is 0 Å². The van der Waals surface area contributed by atoms with Gasteiger partial charge in [0.05, 0.1) is 5.71 Å². The lowest BCUT2D eigenvalue weighted by atomic mass is 9.97. The van der Waals surface area contributed by atoms with Gasteiger partial charge in [-0.2, -0.15) is 0 Å². The summed E-state index contributed by atoms with van der Waals surface area (Å²) in [4.78, 5) is 4.73. The Morgan fingerprint density at radius 3 is 2.22 bits per heavy atom. The van der Waals surface area contributed by atoms with Crippen LogP contribution in [0, 0.1) is 5.41 Å². The van der Waals surface area contributed by atoms with Gasteiger partial charge in [0.15, 0.2) is 5.84 Å². The first-order valence-corrected chi connectivity index (χ1v) is 10.7. The molecule has 1 N–H and O–H groups in total. The van der Waals surface area contributed by atoms with Gasteiger partial charge in [0.2, 0.25) is 0 Å². The number of para-hydroxylation sites is 1. The van der Waals surface area contributed by atoms with Crippen LogP contribution in [0.15, 0.2) is 106 Å². The van der Waals surface area contributed by atoms with Crippen LogP contribution in [0.1, 0.15) is 18.1 Å². The molecule has 32 heavy (non-hydrogen) atoms. The number of furan rings is 1. The van der Waals surface area contributed by atoms with Crippen LogP contribution in [0.5, 0.6) is 0 Å². The van der Waals surface area contributed by atoms with Crippen LogP contribution in [0.4, 0.5) is 0 Å². The maximum Gasteiger partial charge on any atom is 0.152 e. The molecule has 1 heterocycles. The second-order valence-electron chi connectivity index (χ2n) is 8.06. The lowest BCUT2D eigenvalue weighted by Gasteiger charge is -2.09. The van der Waals surface area contributed by atoms with Gasteiger partial charge in [-0.15, -0.1) is 0 Å². The van der Waals surface area contributed by atoms with Crippen molar-refractivity contribution in [1.29, 1.82) is 5.41 Å². The predicted octanol–water partition coefficient (Wildman–Crippen LogP) is 7.73. The largest absolute Gasteiger partial charge is 0.455 e. The highest BCUT2D eigenvalue weighted by molar-refractivity contribution is 6.25. The summed E-state index contributed by atoms with van der Waals surface area (Å²) in [5, 5.41) is 15.3. The van der Waals surface area contributed by atoms with E-state index in [0.29, 0.717) is 0 Å². The molecule has 0 saturated carbocycles. The van der Waals surface area contributed by atoms with Crippen LogP contribution in [-0.4, -0.2) is 11.5 Å². The minimum absolute atomic E-state index is 0.241. The fourth-order valence-electron chi connectivity index (χ4n) is 4.51. The first kappa shape index (κ1) is 18.5. The molecular formula is C29H20N2O. The predicted molar refractivity (Wildman–Crippen MR) is 134 cm³/mol. The number of hydrogen-bond donors (Lipinski definition) is 1. The van der Waals surface area contributed by atoms with E-state index in [1.165, 1.54) is 0 Å². The van der Waals surface area contributed by atoms with Gasteiger partial charge in [0, 0.05) is 21.9 Å². The van der Waals surface area contributed by atoms with E-state index >= 15 is 0 Å². The van der Waals surface area contributed by atoms with Gasteiger partial charge in [-0.25, -0.2) is 4.99 Å². The van der Waals surface area contributed by atoms with E-state index in [2.05, 4.69) is 36.4 Å². The van der Waals surface area contributed by atoms with E-state index < -0.39 is 0 Å². The molecule has 152 valence electrons. The Morgan fingerprint density at radius 2 is 1.38 bits per heavy atom. The molecule has 0 spiro atoms. The van der Waals surface area contributed by atoms with Crippen LogP contribution < -0.4 is 0 Å². The molecule has 3 heteroatoms. The molecule has 0 aliphatic carbocycles. The third-order valence-corrected chi connectivity index (χ3v) is 6.06. The molecule has 0 aliphatic heterocycles. The molecule has 0 aliphatic rings. The molecule has 0 saturated heterocycles. The minimum atomic E-state index is 0.241. The lowest BCUT2D eigenvalue weighted by Crippen LogP contribution is -2.03. The highest BCUT2D eigenvalue weighted by atomic mass is 16.3. The third-order valence-electron chi connectivity index (χ3n) is 6.06. The second kappa shape index (κ2) is 7.17. The van der Waals surface area contributed by atoms with E-state index in [0.717, 1.165) is 60.3 Å². The number of aliphatic imine (C=N–C) groups is 1. The van der Waals surface area contributed by atoms with Gasteiger partial charge >= 0.3 is 0 Å². The average molecular weight is 412 g/mol. The van der Waals surface area contributed by atoms with Gasteiger partial charge in [-0.3, -0.25) is 5.41 Å². The fraction of sp³-hybridized carbons (Fsp3) is 0.0345. The quantitative estimate of drug-likeness (QED) is 0.230. The molecule has 0 unspecified atom stereocenters. The number of fused-ring (bicyclic) bond motifs is 5. The third kappa shape index (κ3) is 2.90. The average Bonchev–Trinajstić information content (AvgIpc) is 3.20. The SMILES string of the molecule is C/C(=N\C(=N)c1ccc2ccccc2c1)c1c2ccccc2cc2c1oc1ccccc12. The lowest BCUT2D eigenvalue weighted by molar-refractivity contribution is 0.668. The first-order chi connectivity index (χ1) is 15.7. The Morgan fingerprint density at radius 1 is 0.688 bits per heavy atom. The number of amidine groups is 1. The fourth-order valence-corrected chi connectivity index (χ4v) is 4.51. The van der Waals surface area contributed by atoms with E-state index in [1.54, 1.807) is 0 Å². The number of nitrogens with zero attached hydrogens (tertiary/aromatic N) is 1. The Balaban J connectivity index is 1.56. The summed E-state index contributed by atoms with van der Waals surface area (Å²) in [5.74, 6) is 0.241. The zero-order chi connectivity index (χ0) is 21.7. The van der Waals surface area contributed by atoms with E-state index in [-0.39, 0.29) is 5.84 Å². The Kier molecular flexibility index (Phi) is 4.15. The van der Waals surface area contributed by atoms with Crippen molar-refractivity contribution in [3.8, 4) is 0 Å². The van der Waals surface area contributed by atoms with E-state index in [4.69, 9.17) is 14.8 Å². The van der Waals surface area contributed by atoms with Crippen LogP contribution in [0.2, 0.25) is 0 Å². The highest BCUT2D eigenvalue weighted by Gasteiger charge is 2.17. The number of rotatable bonds is 2. The Labute approximate surface area is 185 Å². The normalized spacial score (nSPS) is 12.2. The molecule has 3 nitrogen and oxygen atoms in total. The minimum Gasteiger partial charge on any atom is -0.455 e. The molecule has 6 aromatic rings. The topological polar surface area (TPSA) is 49.4 Å². The Hall–Kier alpha value is -4.24. The molecule has 6 rings (SSSR count). The van der Waals surface area contributed by atoms with Crippen molar-refractivity contribution in [1.82, 2.24) is 0 Å². The van der Waals surface area contributed by atoms with Crippen molar-refractivity contribution in [2.24, 2.45) is 4.99 Å². The van der Waals surface area contributed by atoms with Crippen LogP contribution in [-0.2, 0) is 0 Å². The van der Waals surface area contributed by atoms with Crippen molar-refractivity contribution in [3.05, 3.63) is 108 Å². The molecule has 0 atom stereocenters. The van der Waals surface area contributed by atoms with Crippen molar-refractivity contribution in [3.63, 3.8) is 0 Å². The molecule has 0 amide bonds. The first-order valence-electron chi connectivity index (χ1n) is 10.7. The van der Waals surface area contributed by atoms with Crippen molar-refractivity contribution < 1.29 is 4.42 Å². The van der Waals surface area contributed by atoms with Crippen molar-refractivity contribution in [2.75, 3.05) is 0 Å². The van der Waals surface area contributed by atoms with E-state index in [1.807, 2.05) is 67.6 Å². The molecule has 0 bridgehead atoms. The summed E-state index contributed by atoms with van der Waals surface area (Å²) in [7, 11) is 0. The smallest absolute Gasteiger partial charge is 0.152 e. The second-order valence-corrected chi connectivity index (χ2v) is 8.06. The molecule has 5 aromatic carbocycles. The van der Waals surface area contributed by atoms with Crippen LogP contribution in [0.25, 0.3) is 43.5 Å². The van der Waals surface area contributed by atoms with Crippen LogP contribution >= 0.6 is 0 Å². The van der Waals surface area contributed by atoms with Crippen molar-refractivity contribution in [2.45, 2.75) is 6.92 Å². The summed E-state index contributed by atoms with van der Waals surface area (Å²) in [5.41, 5.74) is 4.18. The zero-order valence-corrected chi connectivity index (χ0v) is 17.6. The number of nitrogens with one attached hydrogen (secondary N) is 1.